The average molecular weight is 400 g/mol. The fraction of sp³-hybridized carbons (Fsp3) is 0.0417. The van der Waals surface area contributed by atoms with E-state index in [0.717, 1.165) is 5.69 Å². The molecule has 0 unspecified atom stereocenters. The zero-order valence-corrected chi connectivity index (χ0v) is 15.9. The monoisotopic (exact) mass is 400 g/mol. The molecule has 0 bridgehead atoms. The van der Waals surface area contributed by atoms with E-state index in [0.29, 0.717) is 16.8 Å². The summed E-state index contributed by atoms with van der Waals surface area (Å²) in [4.78, 5) is 25.0. The molecule has 1 heterocycles. The highest BCUT2D eigenvalue weighted by Gasteiger charge is 2.21. The Morgan fingerprint density at radius 2 is 1.50 bits per heavy atom. The van der Waals surface area contributed by atoms with Crippen LogP contribution >= 0.6 is 0 Å². The molecule has 0 aliphatic carbocycles. The Morgan fingerprint density at radius 3 is 2.17 bits per heavy atom. The maximum absolute atomic E-state index is 13.3. The van der Waals surface area contributed by atoms with Crippen LogP contribution in [0.3, 0.4) is 0 Å². The molecule has 30 heavy (non-hydrogen) atoms. The lowest BCUT2D eigenvalue weighted by atomic mass is 10.1. The van der Waals surface area contributed by atoms with E-state index in [2.05, 4.69) is 5.10 Å². The third-order valence-electron chi connectivity index (χ3n) is 4.50. The Morgan fingerprint density at radius 1 is 0.867 bits per heavy atom. The van der Waals surface area contributed by atoms with E-state index in [1.54, 1.807) is 53.3 Å². The van der Waals surface area contributed by atoms with Gasteiger partial charge in [0.05, 0.1) is 5.69 Å². The number of carbonyl (C=O) groups is 2. The number of ether oxygens (including phenoxy) is 1. The second-order valence-corrected chi connectivity index (χ2v) is 6.54. The standard InChI is InChI=1S/C24H17FN2O3/c25-19-13-11-18(12-14-19)23-21(15-27(26-23)20-9-5-2-6-10-20)24(29)30-16-22(28)17-7-3-1-4-8-17/h1-15H,16H2. The molecule has 148 valence electrons. The third-order valence-corrected chi connectivity index (χ3v) is 4.50. The summed E-state index contributed by atoms with van der Waals surface area (Å²) in [5, 5.41) is 4.50. The van der Waals surface area contributed by atoms with Crippen molar-refractivity contribution in [1.29, 1.82) is 0 Å². The maximum atomic E-state index is 13.3. The molecule has 0 fully saturated rings. The van der Waals surface area contributed by atoms with Crippen LogP contribution in [0.4, 0.5) is 4.39 Å². The number of nitrogens with zero attached hydrogens (tertiary/aromatic N) is 2. The van der Waals surface area contributed by atoms with Crippen molar-refractivity contribution in [3.05, 3.63) is 108 Å². The van der Waals surface area contributed by atoms with Crippen LogP contribution in [0.25, 0.3) is 16.9 Å². The van der Waals surface area contributed by atoms with Gasteiger partial charge in [-0.25, -0.2) is 13.9 Å². The molecular formula is C24H17FN2O3. The lowest BCUT2D eigenvalue weighted by Crippen LogP contribution is -2.14. The quantitative estimate of drug-likeness (QED) is 0.347. The number of carbonyl (C=O) groups excluding carboxylic acids is 2. The number of para-hydroxylation sites is 1. The minimum absolute atomic E-state index is 0.186. The van der Waals surface area contributed by atoms with Crippen LogP contribution < -0.4 is 0 Å². The van der Waals surface area contributed by atoms with Crippen LogP contribution in [-0.2, 0) is 4.74 Å². The molecule has 0 atom stereocenters. The SMILES string of the molecule is O=C(COC(=O)c1cn(-c2ccccc2)nc1-c1ccc(F)cc1)c1ccccc1. The molecule has 0 saturated carbocycles. The van der Waals surface area contributed by atoms with Gasteiger partial charge in [-0.05, 0) is 36.4 Å². The van der Waals surface area contributed by atoms with Gasteiger partial charge in [0.15, 0.2) is 12.4 Å². The fourth-order valence-corrected chi connectivity index (χ4v) is 2.97. The number of rotatable bonds is 6. The predicted octanol–water partition coefficient (Wildman–Crippen LogP) is 4.72. The minimum Gasteiger partial charge on any atom is -0.454 e. The van der Waals surface area contributed by atoms with Crippen molar-refractivity contribution < 1.29 is 18.7 Å². The summed E-state index contributed by atoms with van der Waals surface area (Å²) in [6.45, 7) is -0.387. The number of esters is 1. The van der Waals surface area contributed by atoms with Gasteiger partial charge in [0.25, 0.3) is 0 Å². The molecule has 5 nitrogen and oxygen atoms in total. The lowest BCUT2D eigenvalue weighted by Gasteiger charge is -2.05. The van der Waals surface area contributed by atoms with E-state index >= 15 is 0 Å². The van der Waals surface area contributed by atoms with Gasteiger partial charge in [-0.15, -0.1) is 0 Å². The number of ketones is 1. The molecular weight excluding hydrogens is 383 g/mol. The van der Waals surface area contributed by atoms with Crippen LogP contribution in [0.1, 0.15) is 20.7 Å². The van der Waals surface area contributed by atoms with Gasteiger partial charge in [-0.3, -0.25) is 4.79 Å². The van der Waals surface area contributed by atoms with Crippen molar-refractivity contribution in [2.45, 2.75) is 0 Å². The topological polar surface area (TPSA) is 61.2 Å². The lowest BCUT2D eigenvalue weighted by molar-refractivity contribution is 0.0475. The highest BCUT2D eigenvalue weighted by Crippen LogP contribution is 2.25. The van der Waals surface area contributed by atoms with Crippen molar-refractivity contribution in [1.82, 2.24) is 9.78 Å². The number of benzene rings is 3. The summed E-state index contributed by atoms with van der Waals surface area (Å²) >= 11 is 0. The van der Waals surface area contributed by atoms with Crippen molar-refractivity contribution in [3.8, 4) is 16.9 Å². The Hall–Kier alpha value is -4.06. The van der Waals surface area contributed by atoms with Gasteiger partial charge >= 0.3 is 5.97 Å². The second kappa shape index (κ2) is 8.53. The first-order valence-electron chi connectivity index (χ1n) is 9.28. The number of halogens is 1. The zero-order chi connectivity index (χ0) is 20.9. The molecule has 0 aliphatic rings. The normalized spacial score (nSPS) is 10.6. The maximum Gasteiger partial charge on any atom is 0.342 e. The molecule has 0 aliphatic heterocycles. The van der Waals surface area contributed by atoms with Gasteiger partial charge in [-0.2, -0.15) is 5.10 Å². The molecule has 4 aromatic rings. The minimum atomic E-state index is -0.680. The van der Waals surface area contributed by atoms with Crippen LogP contribution in [0.15, 0.2) is 91.1 Å². The molecule has 3 aromatic carbocycles. The summed E-state index contributed by atoms with van der Waals surface area (Å²) in [6.07, 6.45) is 1.54. The summed E-state index contributed by atoms with van der Waals surface area (Å²) in [5.41, 5.74) is 2.30. The van der Waals surface area contributed by atoms with Gasteiger partial charge in [0.2, 0.25) is 0 Å². The molecule has 1 aromatic heterocycles. The van der Waals surface area contributed by atoms with Crippen molar-refractivity contribution in [3.63, 3.8) is 0 Å². The largest absolute Gasteiger partial charge is 0.454 e. The number of hydrogen-bond acceptors (Lipinski definition) is 4. The van der Waals surface area contributed by atoms with Crippen molar-refractivity contribution in [2.24, 2.45) is 0 Å². The van der Waals surface area contributed by atoms with E-state index in [9.17, 15) is 14.0 Å². The van der Waals surface area contributed by atoms with Gasteiger partial charge in [-0.1, -0.05) is 48.5 Å². The molecule has 0 radical (unpaired) electrons. The number of Topliss-reactive ketones (excluding diaryl/α,β-unsaturated/α-hetero) is 1. The Bertz CT molecular complexity index is 1170. The Balaban J connectivity index is 1.63. The summed E-state index contributed by atoms with van der Waals surface area (Å²) in [6, 6.07) is 23.5. The van der Waals surface area contributed by atoms with Crippen molar-refractivity contribution >= 4 is 11.8 Å². The molecule has 0 N–H and O–H groups in total. The van der Waals surface area contributed by atoms with Crippen molar-refractivity contribution in [2.75, 3.05) is 6.61 Å². The summed E-state index contributed by atoms with van der Waals surface area (Å²) in [7, 11) is 0. The third kappa shape index (κ3) is 4.17. The first kappa shape index (κ1) is 19.3. The highest BCUT2D eigenvalue weighted by atomic mass is 19.1. The van der Waals surface area contributed by atoms with Crippen LogP contribution in [0.5, 0.6) is 0 Å². The van der Waals surface area contributed by atoms with E-state index < -0.39 is 5.97 Å². The number of aromatic nitrogens is 2. The Kier molecular flexibility index (Phi) is 5.48. The first-order chi connectivity index (χ1) is 14.6. The molecule has 0 amide bonds. The smallest absolute Gasteiger partial charge is 0.342 e. The predicted molar refractivity (Wildman–Crippen MR) is 110 cm³/mol. The fourth-order valence-electron chi connectivity index (χ4n) is 2.97. The van der Waals surface area contributed by atoms with Gasteiger partial charge < -0.3 is 4.74 Å². The summed E-state index contributed by atoms with van der Waals surface area (Å²) in [5.74, 6) is -1.37. The van der Waals surface area contributed by atoms with Gasteiger partial charge in [0.1, 0.15) is 17.1 Å². The molecule has 4 rings (SSSR count). The van der Waals surface area contributed by atoms with E-state index in [1.165, 1.54) is 12.1 Å². The van der Waals surface area contributed by atoms with E-state index in [1.807, 2.05) is 30.3 Å². The number of hydrogen-bond donors (Lipinski definition) is 0. The van der Waals surface area contributed by atoms with Gasteiger partial charge in [0, 0.05) is 17.3 Å². The van der Waals surface area contributed by atoms with Crippen LogP contribution in [0.2, 0.25) is 0 Å². The average Bonchev–Trinajstić information content (AvgIpc) is 3.24. The van der Waals surface area contributed by atoms with E-state index in [4.69, 9.17) is 4.74 Å². The van der Waals surface area contributed by atoms with Crippen LogP contribution in [-0.4, -0.2) is 28.1 Å². The van der Waals surface area contributed by atoms with Crippen LogP contribution in [0, 0.1) is 5.82 Å². The zero-order valence-electron chi connectivity index (χ0n) is 15.9. The highest BCUT2D eigenvalue weighted by molar-refractivity contribution is 6.01. The summed E-state index contributed by atoms with van der Waals surface area (Å²) < 4.78 is 20.2. The Labute approximate surface area is 172 Å². The molecule has 0 saturated heterocycles. The molecule has 6 heteroatoms. The second-order valence-electron chi connectivity index (χ2n) is 6.54. The van der Waals surface area contributed by atoms with E-state index in [-0.39, 0.29) is 23.8 Å². The molecule has 0 spiro atoms. The first-order valence-corrected chi connectivity index (χ1v) is 9.28.